The van der Waals surface area contributed by atoms with E-state index in [2.05, 4.69) is 9.97 Å². The third-order valence-corrected chi connectivity index (χ3v) is 2.18. The van der Waals surface area contributed by atoms with E-state index in [1.807, 2.05) is 30.3 Å². The summed E-state index contributed by atoms with van der Waals surface area (Å²) in [7, 11) is 0. The Bertz CT molecular complexity index is 392. The van der Waals surface area contributed by atoms with Crippen LogP contribution in [-0.2, 0) is 0 Å². The average Bonchev–Trinajstić information content (AvgIpc) is 2.71. The zero-order valence-corrected chi connectivity index (χ0v) is 7.71. The lowest BCUT2D eigenvalue weighted by Gasteiger charge is -1.98. The Morgan fingerprint density at radius 3 is 2.62 bits per heavy atom. The number of hydrogen-bond donors (Lipinski definition) is 1. The summed E-state index contributed by atoms with van der Waals surface area (Å²) in [6, 6.07) is 9.85. The highest BCUT2D eigenvalue weighted by molar-refractivity contribution is 7.81. The van der Waals surface area contributed by atoms with Crippen LogP contribution in [0.15, 0.2) is 42.7 Å². The number of hydrogen-bond acceptors (Lipinski definition) is 2. The molecule has 0 aliphatic carbocycles. The lowest BCUT2D eigenvalue weighted by molar-refractivity contribution is 1.27. The molecule has 0 spiro atoms. The number of rotatable bonds is 2. The van der Waals surface area contributed by atoms with E-state index >= 15 is 0 Å². The summed E-state index contributed by atoms with van der Waals surface area (Å²) in [6.45, 7) is 0. The van der Waals surface area contributed by atoms with Gasteiger partial charge in [-0.1, -0.05) is 42.5 Å². The molecule has 2 nitrogen and oxygen atoms in total. The van der Waals surface area contributed by atoms with Gasteiger partial charge in [0.15, 0.2) is 0 Å². The summed E-state index contributed by atoms with van der Waals surface area (Å²) < 4.78 is 0. The molecule has 0 unspecified atom stereocenters. The first kappa shape index (κ1) is 8.13. The molecule has 0 bridgehead atoms. The van der Waals surface area contributed by atoms with Crippen molar-refractivity contribution < 1.29 is 0 Å². The highest BCUT2D eigenvalue weighted by Crippen LogP contribution is 2.06. The van der Waals surface area contributed by atoms with Gasteiger partial charge in [-0.25, -0.2) is 4.98 Å². The second-order valence-corrected chi connectivity index (χ2v) is 3.04. The molecule has 0 radical (unpaired) electrons. The van der Waals surface area contributed by atoms with Crippen molar-refractivity contribution in [3.05, 3.63) is 54.1 Å². The Morgan fingerprint density at radius 1 is 1.23 bits per heavy atom. The Morgan fingerprint density at radius 2 is 2.00 bits per heavy atom. The maximum atomic E-state index is 5.25. The quantitative estimate of drug-likeness (QED) is 0.578. The van der Waals surface area contributed by atoms with Crippen LogP contribution in [0.1, 0.15) is 11.4 Å². The van der Waals surface area contributed by atoms with Crippen molar-refractivity contribution in [2.24, 2.45) is 0 Å². The number of nitrogens with zero attached hydrogens (tertiary/aromatic N) is 1. The molecule has 0 saturated carbocycles. The van der Waals surface area contributed by atoms with Crippen molar-refractivity contribution in [2.45, 2.75) is 0 Å². The van der Waals surface area contributed by atoms with Crippen molar-refractivity contribution in [3.63, 3.8) is 0 Å². The maximum absolute atomic E-state index is 5.25. The molecule has 0 fully saturated rings. The minimum absolute atomic E-state index is 0.751. The number of imidazole rings is 1. The fourth-order valence-electron chi connectivity index (χ4n) is 1.12. The predicted molar refractivity (Wildman–Crippen MR) is 55.8 cm³/mol. The van der Waals surface area contributed by atoms with Crippen molar-refractivity contribution in [3.8, 4) is 0 Å². The molecule has 2 aromatic rings. The molecule has 1 aromatic heterocycles. The third-order valence-electron chi connectivity index (χ3n) is 1.75. The molecule has 0 atom stereocenters. The van der Waals surface area contributed by atoms with Crippen LogP contribution in [0.5, 0.6) is 0 Å². The minimum atomic E-state index is 0.751. The van der Waals surface area contributed by atoms with E-state index in [1.54, 1.807) is 12.4 Å². The van der Waals surface area contributed by atoms with Gasteiger partial charge in [0.05, 0.1) is 4.86 Å². The first-order chi connectivity index (χ1) is 6.38. The van der Waals surface area contributed by atoms with Gasteiger partial charge < -0.3 is 4.98 Å². The molecule has 0 aliphatic heterocycles. The van der Waals surface area contributed by atoms with E-state index in [0.717, 1.165) is 16.3 Å². The van der Waals surface area contributed by atoms with Crippen molar-refractivity contribution in [1.82, 2.24) is 9.97 Å². The van der Waals surface area contributed by atoms with E-state index in [9.17, 15) is 0 Å². The van der Waals surface area contributed by atoms with Gasteiger partial charge in [-0.2, -0.15) is 0 Å². The van der Waals surface area contributed by atoms with E-state index in [1.165, 1.54) is 0 Å². The second kappa shape index (κ2) is 3.49. The van der Waals surface area contributed by atoms with E-state index in [4.69, 9.17) is 12.2 Å². The predicted octanol–water partition coefficient (Wildman–Crippen LogP) is 2.18. The summed E-state index contributed by atoms with van der Waals surface area (Å²) in [5, 5.41) is 0. The van der Waals surface area contributed by atoms with Gasteiger partial charge in [-0.15, -0.1) is 0 Å². The first-order valence-electron chi connectivity index (χ1n) is 3.97. The molecule has 0 aliphatic rings. The Kier molecular flexibility index (Phi) is 2.19. The van der Waals surface area contributed by atoms with E-state index in [0.29, 0.717) is 0 Å². The van der Waals surface area contributed by atoms with Gasteiger partial charge in [-0.3, -0.25) is 0 Å². The Balaban J connectivity index is 2.34. The lowest BCUT2D eigenvalue weighted by Crippen LogP contribution is -2.01. The topological polar surface area (TPSA) is 28.7 Å². The first-order valence-corrected chi connectivity index (χ1v) is 4.38. The minimum Gasteiger partial charge on any atom is -0.344 e. The van der Waals surface area contributed by atoms with Gasteiger partial charge in [-0.05, 0) is 5.56 Å². The largest absolute Gasteiger partial charge is 0.344 e. The van der Waals surface area contributed by atoms with E-state index in [-0.39, 0.29) is 0 Å². The molecular formula is C10H8N2S. The fraction of sp³-hybridized carbons (Fsp3) is 0. The SMILES string of the molecule is S=C(c1ccccc1)c1ncc[nH]1. The molecule has 0 saturated heterocycles. The smallest absolute Gasteiger partial charge is 0.148 e. The number of thiocarbonyl (C=S) groups is 1. The maximum Gasteiger partial charge on any atom is 0.148 e. The standard InChI is InChI=1S/C10H8N2S/c13-9(10-11-6-7-12-10)8-4-2-1-3-5-8/h1-7H,(H,11,12). The molecule has 1 N–H and O–H groups in total. The summed E-state index contributed by atoms with van der Waals surface area (Å²) in [5.41, 5.74) is 1.02. The van der Waals surface area contributed by atoms with Crippen molar-refractivity contribution in [1.29, 1.82) is 0 Å². The summed E-state index contributed by atoms with van der Waals surface area (Å²) in [6.07, 6.45) is 3.47. The van der Waals surface area contributed by atoms with Gasteiger partial charge in [0.25, 0.3) is 0 Å². The van der Waals surface area contributed by atoms with E-state index < -0.39 is 0 Å². The van der Waals surface area contributed by atoms with Crippen LogP contribution in [0.3, 0.4) is 0 Å². The van der Waals surface area contributed by atoms with Gasteiger partial charge in [0.1, 0.15) is 5.82 Å². The lowest BCUT2D eigenvalue weighted by atomic mass is 10.1. The Hall–Kier alpha value is -1.48. The van der Waals surface area contributed by atoms with Crippen LogP contribution < -0.4 is 0 Å². The van der Waals surface area contributed by atoms with Crippen molar-refractivity contribution >= 4 is 17.1 Å². The molecule has 0 amide bonds. The Labute approximate surface area is 81.6 Å². The fourth-order valence-corrected chi connectivity index (χ4v) is 1.36. The highest BCUT2D eigenvalue weighted by Gasteiger charge is 2.04. The molecular weight excluding hydrogens is 180 g/mol. The molecule has 13 heavy (non-hydrogen) atoms. The summed E-state index contributed by atoms with van der Waals surface area (Å²) in [4.78, 5) is 7.83. The molecule has 2 rings (SSSR count). The molecule has 64 valence electrons. The number of benzene rings is 1. The van der Waals surface area contributed by atoms with Gasteiger partial charge in [0, 0.05) is 12.4 Å². The van der Waals surface area contributed by atoms with Gasteiger partial charge >= 0.3 is 0 Å². The number of nitrogens with one attached hydrogen (secondary N) is 1. The highest BCUT2D eigenvalue weighted by atomic mass is 32.1. The number of aromatic nitrogens is 2. The molecule has 3 heteroatoms. The van der Waals surface area contributed by atoms with Crippen molar-refractivity contribution in [2.75, 3.05) is 0 Å². The van der Waals surface area contributed by atoms with Crippen LogP contribution >= 0.6 is 12.2 Å². The van der Waals surface area contributed by atoms with Crippen LogP contribution in [0.2, 0.25) is 0 Å². The second-order valence-electron chi connectivity index (χ2n) is 2.63. The molecule has 1 heterocycles. The van der Waals surface area contributed by atoms with Crippen LogP contribution in [-0.4, -0.2) is 14.8 Å². The normalized spacial score (nSPS) is 9.85. The zero-order chi connectivity index (χ0) is 9.10. The number of H-pyrrole nitrogens is 1. The van der Waals surface area contributed by atoms with Crippen LogP contribution in [0.25, 0.3) is 0 Å². The van der Waals surface area contributed by atoms with Crippen LogP contribution in [0, 0.1) is 0 Å². The average molecular weight is 188 g/mol. The van der Waals surface area contributed by atoms with Crippen LogP contribution in [0.4, 0.5) is 0 Å². The van der Waals surface area contributed by atoms with Gasteiger partial charge in [0.2, 0.25) is 0 Å². The summed E-state index contributed by atoms with van der Waals surface area (Å²) in [5.74, 6) is 0.751. The number of aromatic amines is 1. The molecule has 1 aromatic carbocycles. The monoisotopic (exact) mass is 188 g/mol. The third kappa shape index (κ3) is 1.65. The summed E-state index contributed by atoms with van der Waals surface area (Å²) >= 11 is 5.25. The zero-order valence-electron chi connectivity index (χ0n) is 6.90.